The summed E-state index contributed by atoms with van der Waals surface area (Å²) in [6, 6.07) is 0. The molecule has 0 aliphatic carbocycles. The minimum atomic E-state index is -2.42. The molecule has 0 aliphatic heterocycles. The quantitative estimate of drug-likeness (QED) is 0.633. The molecule has 0 fully saturated rings. The number of halogens is 2. The molecule has 0 radical (unpaired) electrons. The van der Waals surface area contributed by atoms with Crippen LogP contribution in [0.2, 0.25) is 0 Å². The van der Waals surface area contributed by atoms with Gasteiger partial charge in [-0.05, 0) is 12.8 Å². The summed E-state index contributed by atoms with van der Waals surface area (Å²) < 4.78 is 23.4. The number of hydrogen-bond donors (Lipinski definition) is 1. The van der Waals surface area contributed by atoms with E-state index in [1.807, 2.05) is 0 Å². The van der Waals surface area contributed by atoms with Crippen LogP contribution in [-0.4, -0.2) is 17.5 Å². The Morgan fingerprint density at radius 3 is 2.42 bits per heavy atom. The van der Waals surface area contributed by atoms with E-state index in [1.165, 1.54) is 6.08 Å². The van der Waals surface area contributed by atoms with E-state index in [1.54, 1.807) is 0 Å². The molecule has 0 spiro atoms. The van der Waals surface area contributed by atoms with Crippen molar-refractivity contribution in [2.75, 3.05) is 0 Å². The Bertz CT molecular complexity index is 157. The molecule has 0 aliphatic rings. The highest BCUT2D eigenvalue weighted by Crippen LogP contribution is 2.15. The Morgan fingerprint density at radius 1 is 1.50 bits per heavy atom. The second kappa shape index (κ2) is 5.69. The van der Waals surface area contributed by atoms with Gasteiger partial charge < -0.3 is 5.11 Å². The van der Waals surface area contributed by atoms with Crippen molar-refractivity contribution in [2.24, 2.45) is 5.92 Å². The standard InChI is InChI=1S/C8H12F2O2/c1-2-3-6(8(11)12)4-5-7(9)10/h2,6-7H,1,3-5H2,(H,11,12). The van der Waals surface area contributed by atoms with Crippen LogP contribution in [0.3, 0.4) is 0 Å². The molecule has 0 aromatic carbocycles. The Hall–Kier alpha value is -0.930. The number of rotatable bonds is 6. The van der Waals surface area contributed by atoms with Crippen LogP contribution in [0.5, 0.6) is 0 Å². The Kier molecular flexibility index (Phi) is 5.25. The average Bonchev–Trinajstić information content (AvgIpc) is 1.96. The van der Waals surface area contributed by atoms with Crippen molar-refractivity contribution >= 4 is 5.97 Å². The molecule has 0 bridgehead atoms. The van der Waals surface area contributed by atoms with Gasteiger partial charge in [-0.1, -0.05) is 6.08 Å². The first-order valence-electron chi connectivity index (χ1n) is 3.69. The van der Waals surface area contributed by atoms with Crippen LogP contribution in [-0.2, 0) is 4.79 Å². The maximum Gasteiger partial charge on any atom is 0.306 e. The second-order valence-electron chi connectivity index (χ2n) is 2.53. The maximum atomic E-state index is 11.7. The fraction of sp³-hybridized carbons (Fsp3) is 0.625. The number of allylic oxidation sites excluding steroid dienone is 1. The lowest BCUT2D eigenvalue weighted by molar-refractivity contribution is -0.142. The third kappa shape index (κ3) is 4.82. The molecule has 4 heteroatoms. The molecule has 0 aromatic rings. The van der Waals surface area contributed by atoms with Crippen molar-refractivity contribution in [3.8, 4) is 0 Å². The smallest absolute Gasteiger partial charge is 0.306 e. The third-order valence-electron chi connectivity index (χ3n) is 1.53. The summed E-state index contributed by atoms with van der Waals surface area (Å²) in [5.41, 5.74) is 0. The summed E-state index contributed by atoms with van der Waals surface area (Å²) in [4.78, 5) is 10.4. The van der Waals surface area contributed by atoms with Crippen molar-refractivity contribution in [3.05, 3.63) is 12.7 Å². The van der Waals surface area contributed by atoms with Crippen molar-refractivity contribution in [1.29, 1.82) is 0 Å². The number of aliphatic carboxylic acids is 1. The molecule has 2 nitrogen and oxygen atoms in total. The summed E-state index contributed by atoms with van der Waals surface area (Å²) in [5, 5.41) is 8.52. The Morgan fingerprint density at radius 2 is 2.08 bits per heavy atom. The molecule has 0 saturated carbocycles. The van der Waals surface area contributed by atoms with Crippen LogP contribution < -0.4 is 0 Å². The molecular weight excluding hydrogens is 166 g/mol. The second-order valence-corrected chi connectivity index (χ2v) is 2.53. The molecule has 1 N–H and O–H groups in total. The van der Waals surface area contributed by atoms with Gasteiger partial charge in [0.15, 0.2) is 0 Å². The zero-order valence-corrected chi connectivity index (χ0v) is 6.67. The largest absolute Gasteiger partial charge is 0.481 e. The van der Waals surface area contributed by atoms with Crippen LogP contribution in [0.25, 0.3) is 0 Å². The van der Waals surface area contributed by atoms with Gasteiger partial charge >= 0.3 is 5.97 Å². The van der Waals surface area contributed by atoms with Crippen molar-refractivity contribution in [2.45, 2.75) is 25.7 Å². The van der Waals surface area contributed by atoms with Crippen molar-refractivity contribution < 1.29 is 18.7 Å². The first kappa shape index (κ1) is 11.1. The molecule has 0 saturated heterocycles. The summed E-state index contributed by atoms with van der Waals surface area (Å²) in [5.74, 6) is -1.74. The van der Waals surface area contributed by atoms with E-state index >= 15 is 0 Å². The zero-order valence-electron chi connectivity index (χ0n) is 6.67. The normalized spacial score (nSPS) is 12.9. The van der Waals surface area contributed by atoms with E-state index in [4.69, 9.17) is 5.11 Å². The highest BCUT2D eigenvalue weighted by Gasteiger charge is 2.17. The molecule has 0 aromatic heterocycles. The SMILES string of the molecule is C=CCC(CCC(F)F)C(=O)O. The van der Waals surface area contributed by atoms with Crippen LogP contribution >= 0.6 is 0 Å². The summed E-state index contributed by atoms with van der Waals surface area (Å²) in [6.07, 6.45) is -1.08. The van der Waals surface area contributed by atoms with Gasteiger partial charge in [0, 0.05) is 6.42 Å². The predicted octanol–water partition coefficient (Wildman–Crippen LogP) is 2.31. The van der Waals surface area contributed by atoms with Gasteiger partial charge in [0.1, 0.15) is 0 Å². The van der Waals surface area contributed by atoms with Crippen molar-refractivity contribution in [3.63, 3.8) is 0 Å². The van der Waals surface area contributed by atoms with Gasteiger partial charge in [0.05, 0.1) is 5.92 Å². The van der Waals surface area contributed by atoms with Gasteiger partial charge in [-0.15, -0.1) is 6.58 Å². The zero-order chi connectivity index (χ0) is 9.56. The maximum absolute atomic E-state index is 11.7. The lowest BCUT2D eigenvalue weighted by Crippen LogP contribution is -2.13. The van der Waals surface area contributed by atoms with Crippen molar-refractivity contribution in [1.82, 2.24) is 0 Å². The Labute approximate surface area is 69.9 Å². The average molecular weight is 178 g/mol. The number of hydrogen-bond acceptors (Lipinski definition) is 1. The number of carboxylic acid groups (broad SMARTS) is 1. The lowest BCUT2D eigenvalue weighted by atomic mass is 10.00. The summed E-state index contributed by atoms with van der Waals surface area (Å²) >= 11 is 0. The first-order valence-corrected chi connectivity index (χ1v) is 3.69. The highest BCUT2D eigenvalue weighted by molar-refractivity contribution is 5.70. The van der Waals surface area contributed by atoms with Gasteiger partial charge in [-0.25, -0.2) is 8.78 Å². The molecule has 0 amide bonds. The number of alkyl halides is 2. The molecule has 12 heavy (non-hydrogen) atoms. The van der Waals surface area contributed by atoms with E-state index < -0.39 is 18.3 Å². The molecule has 0 heterocycles. The number of carboxylic acids is 1. The highest BCUT2D eigenvalue weighted by atomic mass is 19.3. The van der Waals surface area contributed by atoms with Crippen LogP contribution in [0.1, 0.15) is 19.3 Å². The Balaban J connectivity index is 3.78. The molecular formula is C8H12F2O2. The third-order valence-corrected chi connectivity index (χ3v) is 1.53. The van der Waals surface area contributed by atoms with Gasteiger partial charge in [-0.3, -0.25) is 4.79 Å². The topological polar surface area (TPSA) is 37.3 Å². The van der Waals surface area contributed by atoms with E-state index in [-0.39, 0.29) is 19.3 Å². The van der Waals surface area contributed by atoms with Gasteiger partial charge in [0.25, 0.3) is 0 Å². The fourth-order valence-corrected chi connectivity index (χ4v) is 0.871. The number of carbonyl (C=O) groups is 1. The molecule has 1 unspecified atom stereocenters. The van der Waals surface area contributed by atoms with E-state index in [9.17, 15) is 13.6 Å². The van der Waals surface area contributed by atoms with Gasteiger partial charge in [0.2, 0.25) is 6.43 Å². The molecule has 0 rings (SSSR count). The first-order chi connectivity index (χ1) is 5.57. The molecule has 1 atom stereocenters. The minimum absolute atomic E-state index is 0.0129. The predicted molar refractivity (Wildman–Crippen MR) is 41.2 cm³/mol. The lowest BCUT2D eigenvalue weighted by Gasteiger charge is -2.08. The van der Waals surface area contributed by atoms with Gasteiger partial charge in [-0.2, -0.15) is 0 Å². The van der Waals surface area contributed by atoms with Crippen LogP contribution in [0.15, 0.2) is 12.7 Å². The monoisotopic (exact) mass is 178 g/mol. The molecule has 70 valence electrons. The summed E-state index contributed by atoms with van der Waals surface area (Å²) in [7, 11) is 0. The van der Waals surface area contributed by atoms with E-state index in [0.29, 0.717) is 0 Å². The summed E-state index contributed by atoms with van der Waals surface area (Å²) in [6.45, 7) is 3.36. The minimum Gasteiger partial charge on any atom is -0.481 e. The fourth-order valence-electron chi connectivity index (χ4n) is 0.871. The van der Waals surface area contributed by atoms with Crippen LogP contribution in [0, 0.1) is 5.92 Å². The van der Waals surface area contributed by atoms with E-state index in [0.717, 1.165) is 0 Å². The van der Waals surface area contributed by atoms with Crippen LogP contribution in [0.4, 0.5) is 8.78 Å². The van der Waals surface area contributed by atoms with E-state index in [2.05, 4.69) is 6.58 Å².